The van der Waals surface area contributed by atoms with Crippen molar-refractivity contribution in [3.8, 4) is 5.75 Å². The maximum Gasteiger partial charge on any atom is 0.329 e. The number of nitrogens with one attached hydrogen (secondary N) is 3. The van der Waals surface area contributed by atoms with Crippen LogP contribution in [0.3, 0.4) is 0 Å². The van der Waals surface area contributed by atoms with E-state index < -0.39 is 33.5 Å². The minimum absolute atomic E-state index is 0.0394. The van der Waals surface area contributed by atoms with Crippen molar-refractivity contribution < 1.29 is 27.9 Å². The summed E-state index contributed by atoms with van der Waals surface area (Å²) in [7, 11) is -4.16. The van der Waals surface area contributed by atoms with Crippen molar-refractivity contribution in [1.29, 1.82) is 0 Å². The van der Waals surface area contributed by atoms with Crippen molar-refractivity contribution in [3.05, 3.63) is 95.1 Å². The van der Waals surface area contributed by atoms with E-state index in [1.165, 1.54) is 24.3 Å². The molecule has 12 heteroatoms. The number of hydrogen-bond acceptors (Lipinski definition) is 7. The minimum Gasteiger partial charge on any atom is -0.508 e. The summed E-state index contributed by atoms with van der Waals surface area (Å²) >= 11 is 0. The van der Waals surface area contributed by atoms with Gasteiger partial charge in [0.05, 0.1) is 10.4 Å². The fourth-order valence-electron chi connectivity index (χ4n) is 4.59. The predicted octanol–water partition coefficient (Wildman–Crippen LogP) is 2.84. The molecular formula is C31H39N5O6S. The summed E-state index contributed by atoms with van der Waals surface area (Å²) in [5.41, 5.74) is 2.44. The Morgan fingerprint density at radius 3 is 2.09 bits per heavy atom. The van der Waals surface area contributed by atoms with E-state index in [0.29, 0.717) is 6.42 Å². The van der Waals surface area contributed by atoms with Crippen molar-refractivity contribution in [2.24, 2.45) is 5.84 Å². The third-order valence-corrected chi connectivity index (χ3v) is 8.42. The zero-order chi connectivity index (χ0) is 31.8. The zero-order valence-electron chi connectivity index (χ0n) is 24.8. The van der Waals surface area contributed by atoms with Crippen molar-refractivity contribution >= 4 is 27.9 Å². The van der Waals surface area contributed by atoms with Crippen molar-refractivity contribution in [2.45, 2.75) is 63.4 Å². The summed E-state index contributed by atoms with van der Waals surface area (Å²) in [6.45, 7) is 7.08. The highest BCUT2D eigenvalue weighted by Gasteiger charge is 2.31. The highest BCUT2D eigenvalue weighted by Crippen LogP contribution is 2.22. The predicted molar refractivity (Wildman–Crippen MR) is 163 cm³/mol. The monoisotopic (exact) mass is 609 g/mol. The van der Waals surface area contributed by atoms with Crippen LogP contribution in [0.4, 0.5) is 4.79 Å². The number of phenols is 1. The number of nitrogens with zero attached hydrogens (tertiary/aromatic N) is 1. The molecule has 3 aromatic rings. The third-order valence-electron chi connectivity index (χ3n) is 7.07. The molecule has 230 valence electrons. The van der Waals surface area contributed by atoms with Crippen LogP contribution >= 0.6 is 0 Å². The fourth-order valence-corrected chi connectivity index (χ4v) is 5.53. The number of carbonyl (C=O) groups is 3. The quantitative estimate of drug-likeness (QED) is 0.119. The van der Waals surface area contributed by atoms with Gasteiger partial charge in [0.1, 0.15) is 11.8 Å². The van der Waals surface area contributed by atoms with E-state index in [9.17, 15) is 27.9 Å². The third kappa shape index (κ3) is 9.29. The lowest BCUT2D eigenvalue weighted by atomic mass is 9.97. The number of aromatic hydroxyl groups is 1. The number of benzene rings is 3. The van der Waals surface area contributed by atoms with E-state index in [1.54, 1.807) is 56.3 Å². The molecule has 3 rings (SSSR count). The van der Waals surface area contributed by atoms with Crippen LogP contribution in [-0.4, -0.2) is 54.5 Å². The highest BCUT2D eigenvalue weighted by atomic mass is 32.2. The topological polar surface area (TPSA) is 171 Å². The van der Waals surface area contributed by atoms with Gasteiger partial charge in [-0.05, 0) is 80.6 Å². The molecule has 0 bridgehead atoms. The first-order chi connectivity index (χ1) is 20.2. The summed E-state index contributed by atoms with van der Waals surface area (Å²) in [6, 6.07) is 17.4. The standard InChI is InChI=1S/C31H39N5O6S/c1-21-17-24(37)18-22(2)26(21)15-16-28(38)36(32)31(3,4)20-33-29(39)27(19-23-11-7-5-8-12-23)34-30(40)35-43(41,42)25-13-9-6-10-14-25/h5-14,17-18,27,37H,15-16,19-20,32H2,1-4H3,(H,33,39)(H2,34,35,40)/t27-/m0/s1. The molecule has 0 aliphatic heterocycles. The minimum atomic E-state index is -4.16. The lowest BCUT2D eigenvalue weighted by Gasteiger charge is -2.35. The molecule has 4 amide bonds. The van der Waals surface area contributed by atoms with Gasteiger partial charge < -0.3 is 15.7 Å². The van der Waals surface area contributed by atoms with Crippen LogP contribution < -0.4 is 21.2 Å². The molecule has 0 aliphatic rings. The van der Waals surface area contributed by atoms with Crippen LogP contribution in [0.25, 0.3) is 0 Å². The van der Waals surface area contributed by atoms with Crippen molar-refractivity contribution in [2.75, 3.05) is 6.54 Å². The number of rotatable bonds is 12. The molecule has 6 N–H and O–H groups in total. The van der Waals surface area contributed by atoms with Gasteiger partial charge in [0.25, 0.3) is 10.0 Å². The van der Waals surface area contributed by atoms with Crippen LogP contribution in [0.1, 0.15) is 42.5 Å². The SMILES string of the molecule is Cc1cc(O)cc(C)c1CCC(=O)N(N)C(C)(C)CNC(=O)[C@H](Cc1ccccc1)NC(=O)NS(=O)(=O)c1ccccc1. The van der Waals surface area contributed by atoms with Crippen LogP contribution in [0, 0.1) is 13.8 Å². The van der Waals surface area contributed by atoms with E-state index in [-0.39, 0.29) is 35.9 Å². The Balaban J connectivity index is 1.65. The van der Waals surface area contributed by atoms with Gasteiger partial charge in [0, 0.05) is 19.4 Å². The van der Waals surface area contributed by atoms with Gasteiger partial charge in [-0.15, -0.1) is 0 Å². The summed E-state index contributed by atoms with van der Waals surface area (Å²) in [4.78, 5) is 38.9. The molecule has 43 heavy (non-hydrogen) atoms. The molecule has 1 atom stereocenters. The molecule has 0 heterocycles. The Hall–Kier alpha value is -4.42. The van der Waals surface area contributed by atoms with Gasteiger partial charge in [-0.3, -0.25) is 14.6 Å². The molecule has 3 aromatic carbocycles. The Morgan fingerprint density at radius 2 is 1.51 bits per heavy atom. The number of phenolic OH excluding ortho intramolecular Hbond substituents is 1. The largest absolute Gasteiger partial charge is 0.508 e. The summed E-state index contributed by atoms with van der Waals surface area (Å²) in [5, 5.41) is 16.1. The Morgan fingerprint density at radius 1 is 0.953 bits per heavy atom. The van der Waals surface area contributed by atoms with Gasteiger partial charge in [0.15, 0.2) is 0 Å². The van der Waals surface area contributed by atoms with Crippen molar-refractivity contribution in [1.82, 2.24) is 20.4 Å². The number of urea groups is 1. The normalized spacial score (nSPS) is 12.2. The fraction of sp³-hybridized carbons (Fsp3) is 0.323. The average molecular weight is 610 g/mol. The molecule has 0 aliphatic carbocycles. The number of hydrazine groups is 1. The highest BCUT2D eigenvalue weighted by molar-refractivity contribution is 7.90. The number of carbonyl (C=O) groups excluding carboxylic acids is 3. The van der Waals surface area contributed by atoms with E-state index in [2.05, 4.69) is 10.6 Å². The van der Waals surface area contributed by atoms with Gasteiger partial charge in [-0.25, -0.2) is 23.8 Å². The first-order valence-corrected chi connectivity index (χ1v) is 15.2. The molecule has 0 radical (unpaired) electrons. The maximum atomic E-state index is 13.3. The van der Waals surface area contributed by atoms with Crippen LogP contribution in [0.2, 0.25) is 0 Å². The van der Waals surface area contributed by atoms with E-state index in [0.717, 1.165) is 27.3 Å². The number of nitrogens with two attached hydrogens (primary N) is 1. The van der Waals surface area contributed by atoms with Crippen molar-refractivity contribution in [3.63, 3.8) is 0 Å². The lowest BCUT2D eigenvalue weighted by Crippen LogP contribution is -2.59. The van der Waals surface area contributed by atoms with E-state index in [4.69, 9.17) is 5.84 Å². The second kappa shape index (κ2) is 14.2. The van der Waals surface area contributed by atoms with Gasteiger partial charge in [-0.2, -0.15) is 0 Å². The van der Waals surface area contributed by atoms with Crippen LogP contribution in [-0.2, 0) is 32.5 Å². The Labute approximate surface area is 252 Å². The molecule has 0 fully saturated rings. The molecule has 0 aromatic heterocycles. The molecule has 11 nitrogen and oxygen atoms in total. The van der Waals surface area contributed by atoms with Gasteiger partial charge in [-0.1, -0.05) is 48.5 Å². The maximum absolute atomic E-state index is 13.3. The van der Waals surface area contributed by atoms with Crippen LogP contribution in [0.5, 0.6) is 5.75 Å². The van der Waals surface area contributed by atoms with Gasteiger partial charge >= 0.3 is 6.03 Å². The first-order valence-electron chi connectivity index (χ1n) is 13.8. The molecule has 0 saturated heterocycles. The van der Waals surface area contributed by atoms with Gasteiger partial charge in [0.2, 0.25) is 11.8 Å². The second-order valence-corrected chi connectivity index (χ2v) is 12.7. The number of sulfonamides is 1. The smallest absolute Gasteiger partial charge is 0.329 e. The van der Waals surface area contributed by atoms with E-state index >= 15 is 0 Å². The molecule has 0 saturated carbocycles. The summed E-state index contributed by atoms with van der Waals surface area (Å²) < 4.78 is 27.2. The second-order valence-electron chi connectivity index (χ2n) is 11.0. The summed E-state index contributed by atoms with van der Waals surface area (Å²) in [5.74, 6) is 5.44. The molecular weight excluding hydrogens is 570 g/mol. The first kappa shape index (κ1) is 33.1. The average Bonchev–Trinajstić information content (AvgIpc) is 2.95. The number of amides is 4. The lowest BCUT2D eigenvalue weighted by molar-refractivity contribution is -0.137. The zero-order valence-corrected chi connectivity index (χ0v) is 25.6. The van der Waals surface area contributed by atoms with Crippen LogP contribution in [0.15, 0.2) is 77.7 Å². The molecule has 0 unspecified atom stereocenters. The summed E-state index contributed by atoms with van der Waals surface area (Å²) in [6.07, 6.45) is 0.633. The van der Waals surface area contributed by atoms with E-state index in [1.807, 2.05) is 24.6 Å². The number of aryl methyl sites for hydroxylation is 2. The number of hydrogen-bond donors (Lipinski definition) is 5. The molecule has 0 spiro atoms. The Kier molecular flexibility index (Phi) is 10.9. The Bertz CT molecular complexity index is 1520.